The summed E-state index contributed by atoms with van der Waals surface area (Å²) in [5.74, 6) is -0.191. The molecule has 6 nitrogen and oxygen atoms in total. The van der Waals surface area contributed by atoms with Crippen LogP contribution in [0.15, 0.2) is 0 Å². The van der Waals surface area contributed by atoms with E-state index in [-0.39, 0.29) is 23.8 Å². The number of rotatable bonds is 2. The number of thiazole rings is 1. The van der Waals surface area contributed by atoms with Gasteiger partial charge in [-0.3, -0.25) is 9.59 Å². The molecule has 1 aromatic heterocycles. The Bertz CT molecular complexity index is 532. The third kappa shape index (κ3) is 2.83. The molecular weight excluding hydrogens is 276 g/mol. The van der Waals surface area contributed by atoms with Crippen molar-refractivity contribution in [2.45, 2.75) is 38.1 Å². The molecule has 1 aliphatic heterocycles. The first-order valence-electron chi connectivity index (χ1n) is 6.93. The van der Waals surface area contributed by atoms with Crippen molar-refractivity contribution in [3.63, 3.8) is 0 Å². The van der Waals surface area contributed by atoms with Crippen LogP contribution in [0.3, 0.4) is 0 Å². The lowest BCUT2D eigenvalue weighted by molar-refractivity contribution is -0.126. The van der Waals surface area contributed by atoms with E-state index in [0.717, 1.165) is 25.0 Å². The number of nitrogens with zero attached hydrogens (tertiary/aromatic N) is 1. The number of anilines is 1. The van der Waals surface area contributed by atoms with Crippen LogP contribution in [0.4, 0.5) is 5.13 Å². The Hall–Kier alpha value is -1.47. The van der Waals surface area contributed by atoms with Gasteiger partial charge >= 0.3 is 0 Å². The summed E-state index contributed by atoms with van der Waals surface area (Å²) in [6.45, 7) is 0.417. The highest BCUT2D eigenvalue weighted by Gasteiger charge is 2.26. The van der Waals surface area contributed by atoms with Crippen molar-refractivity contribution >= 4 is 28.3 Å². The monoisotopic (exact) mass is 294 g/mol. The van der Waals surface area contributed by atoms with Crippen molar-refractivity contribution in [3.8, 4) is 0 Å². The molecule has 4 N–H and O–H groups in total. The quantitative estimate of drug-likeness (QED) is 0.736. The summed E-state index contributed by atoms with van der Waals surface area (Å²) in [5, 5.41) is 6.25. The second-order valence-corrected chi connectivity index (χ2v) is 6.50. The van der Waals surface area contributed by atoms with Crippen LogP contribution in [0.25, 0.3) is 0 Å². The summed E-state index contributed by atoms with van der Waals surface area (Å²) in [7, 11) is 0. The standard InChI is InChI=1S/C13H18N4O2S/c14-8-2-3-9-10(5-8)20-13(16-9)17-12(19)7-1-4-11(18)15-6-7/h7-8H,1-6,14H2,(H,15,18)(H,16,17,19)/t7?,8-/m0/s1. The average molecular weight is 294 g/mol. The predicted molar refractivity (Wildman–Crippen MR) is 76.5 cm³/mol. The Labute approximate surface area is 121 Å². The van der Waals surface area contributed by atoms with Crippen LogP contribution >= 0.6 is 11.3 Å². The topological polar surface area (TPSA) is 97.1 Å². The molecule has 1 unspecified atom stereocenters. The molecule has 0 saturated carbocycles. The first kappa shape index (κ1) is 13.5. The largest absolute Gasteiger partial charge is 0.355 e. The van der Waals surface area contributed by atoms with Crippen molar-refractivity contribution in [1.29, 1.82) is 0 Å². The molecule has 1 aliphatic carbocycles. The zero-order valence-corrected chi connectivity index (χ0v) is 12.0. The minimum Gasteiger partial charge on any atom is -0.355 e. The second kappa shape index (κ2) is 5.49. The number of aryl methyl sites for hydroxylation is 1. The van der Waals surface area contributed by atoms with Gasteiger partial charge in [-0.05, 0) is 25.7 Å². The minimum atomic E-state index is -0.157. The maximum Gasteiger partial charge on any atom is 0.231 e. The van der Waals surface area contributed by atoms with Gasteiger partial charge in [0.2, 0.25) is 11.8 Å². The van der Waals surface area contributed by atoms with Crippen molar-refractivity contribution in [3.05, 3.63) is 10.6 Å². The van der Waals surface area contributed by atoms with Crippen LogP contribution in [0.1, 0.15) is 29.8 Å². The number of hydrogen-bond donors (Lipinski definition) is 3. The molecule has 2 atom stereocenters. The number of carbonyl (C=O) groups excluding carboxylic acids is 2. The molecule has 1 saturated heterocycles. The molecule has 0 bridgehead atoms. The summed E-state index contributed by atoms with van der Waals surface area (Å²) in [5.41, 5.74) is 7.01. The van der Waals surface area contributed by atoms with Gasteiger partial charge < -0.3 is 16.4 Å². The molecule has 1 fully saturated rings. The Kier molecular flexibility index (Phi) is 3.71. The Morgan fingerprint density at radius 2 is 2.25 bits per heavy atom. The van der Waals surface area contributed by atoms with E-state index >= 15 is 0 Å². The molecule has 108 valence electrons. The third-order valence-corrected chi connectivity index (χ3v) is 4.88. The van der Waals surface area contributed by atoms with Crippen molar-refractivity contribution in [2.75, 3.05) is 11.9 Å². The van der Waals surface area contributed by atoms with Gasteiger partial charge in [-0.1, -0.05) is 0 Å². The molecule has 0 radical (unpaired) electrons. The zero-order chi connectivity index (χ0) is 14.1. The SMILES string of the molecule is N[C@H]1CCc2nc(NC(=O)C3CCC(=O)NC3)sc2C1. The molecule has 0 aromatic carbocycles. The number of carbonyl (C=O) groups is 2. The number of piperidine rings is 1. The average Bonchev–Trinajstić information content (AvgIpc) is 2.80. The van der Waals surface area contributed by atoms with Crippen LogP contribution < -0.4 is 16.4 Å². The third-order valence-electron chi connectivity index (χ3n) is 3.84. The van der Waals surface area contributed by atoms with Crippen molar-refractivity contribution < 1.29 is 9.59 Å². The molecule has 20 heavy (non-hydrogen) atoms. The van der Waals surface area contributed by atoms with Gasteiger partial charge in [0.25, 0.3) is 0 Å². The summed E-state index contributed by atoms with van der Waals surface area (Å²) in [4.78, 5) is 28.9. The van der Waals surface area contributed by atoms with Crippen LogP contribution in [0.5, 0.6) is 0 Å². The fourth-order valence-electron chi connectivity index (χ4n) is 2.62. The molecule has 2 amide bonds. The first-order chi connectivity index (χ1) is 9.61. The van der Waals surface area contributed by atoms with Gasteiger partial charge in [0.05, 0.1) is 11.6 Å². The van der Waals surface area contributed by atoms with E-state index in [9.17, 15) is 9.59 Å². The lowest BCUT2D eigenvalue weighted by atomic mass is 9.98. The van der Waals surface area contributed by atoms with E-state index in [4.69, 9.17) is 5.73 Å². The van der Waals surface area contributed by atoms with Gasteiger partial charge in [0.1, 0.15) is 0 Å². The maximum atomic E-state index is 12.1. The van der Waals surface area contributed by atoms with Gasteiger partial charge in [-0.25, -0.2) is 4.98 Å². The van der Waals surface area contributed by atoms with E-state index in [1.807, 2.05) is 0 Å². The Morgan fingerprint density at radius 3 is 3.00 bits per heavy atom. The first-order valence-corrected chi connectivity index (χ1v) is 7.75. The Morgan fingerprint density at radius 1 is 1.40 bits per heavy atom. The molecular formula is C13H18N4O2S. The zero-order valence-electron chi connectivity index (χ0n) is 11.1. The maximum absolute atomic E-state index is 12.1. The lowest BCUT2D eigenvalue weighted by Crippen LogP contribution is -2.40. The van der Waals surface area contributed by atoms with Gasteiger partial charge in [0, 0.05) is 23.9 Å². The van der Waals surface area contributed by atoms with E-state index in [2.05, 4.69) is 15.6 Å². The molecule has 2 heterocycles. The summed E-state index contributed by atoms with van der Waals surface area (Å²) in [6.07, 6.45) is 3.72. The van der Waals surface area contributed by atoms with E-state index in [0.29, 0.717) is 24.5 Å². The summed E-state index contributed by atoms with van der Waals surface area (Å²) < 4.78 is 0. The van der Waals surface area contributed by atoms with E-state index < -0.39 is 0 Å². The fraction of sp³-hybridized carbons (Fsp3) is 0.615. The fourth-order valence-corrected chi connectivity index (χ4v) is 3.72. The predicted octanol–water partition coefficient (Wildman–Crippen LogP) is 0.424. The Balaban J connectivity index is 1.63. The van der Waals surface area contributed by atoms with Crippen LogP contribution in [-0.4, -0.2) is 29.4 Å². The lowest BCUT2D eigenvalue weighted by Gasteiger charge is -2.20. The number of aromatic nitrogens is 1. The van der Waals surface area contributed by atoms with Crippen molar-refractivity contribution in [2.24, 2.45) is 11.7 Å². The molecule has 2 aliphatic rings. The number of nitrogens with one attached hydrogen (secondary N) is 2. The van der Waals surface area contributed by atoms with Crippen LogP contribution in [0.2, 0.25) is 0 Å². The van der Waals surface area contributed by atoms with Gasteiger partial charge in [-0.2, -0.15) is 0 Å². The highest BCUT2D eigenvalue weighted by atomic mass is 32.1. The summed E-state index contributed by atoms with van der Waals surface area (Å²) in [6, 6.07) is 0.208. The minimum absolute atomic E-state index is 0.0211. The molecule has 7 heteroatoms. The molecule has 1 aromatic rings. The molecule has 0 spiro atoms. The van der Waals surface area contributed by atoms with Gasteiger partial charge in [-0.15, -0.1) is 11.3 Å². The highest BCUT2D eigenvalue weighted by Crippen LogP contribution is 2.29. The number of nitrogens with two attached hydrogens (primary N) is 1. The van der Waals surface area contributed by atoms with E-state index in [1.54, 1.807) is 0 Å². The number of amides is 2. The number of fused-ring (bicyclic) bond motifs is 1. The normalized spacial score (nSPS) is 25.8. The van der Waals surface area contributed by atoms with Gasteiger partial charge in [0.15, 0.2) is 5.13 Å². The van der Waals surface area contributed by atoms with Crippen molar-refractivity contribution in [1.82, 2.24) is 10.3 Å². The highest BCUT2D eigenvalue weighted by molar-refractivity contribution is 7.15. The van der Waals surface area contributed by atoms with Crippen LogP contribution in [0, 0.1) is 5.92 Å². The van der Waals surface area contributed by atoms with E-state index in [1.165, 1.54) is 16.2 Å². The smallest absolute Gasteiger partial charge is 0.231 e. The number of hydrogen-bond acceptors (Lipinski definition) is 5. The molecule has 3 rings (SSSR count). The summed E-state index contributed by atoms with van der Waals surface area (Å²) >= 11 is 1.52. The van der Waals surface area contributed by atoms with Crippen LogP contribution in [-0.2, 0) is 22.4 Å². The second-order valence-electron chi connectivity index (χ2n) is 5.42.